The Labute approximate surface area is 128 Å². The van der Waals surface area contributed by atoms with Gasteiger partial charge in [0.2, 0.25) is 16.0 Å². The Balaban J connectivity index is 1.68. The van der Waals surface area contributed by atoms with Crippen molar-refractivity contribution in [1.29, 1.82) is 0 Å². The maximum atomic E-state index is 11.3. The van der Waals surface area contributed by atoms with Crippen LogP contribution in [0.25, 0.3) is 0 Å². The summed E-state index contributed by atoms with van der Waals surface area (Å²) in [6.45, 7) is 3.21. The number of nitrogens with two attached hydrogens (primary N) is 1. The molecule has 1 aliphatic rings. The summed E-state index contributed by atoms with van der Waals surface area (Å²) < 4.78 is 24.2. The first kappa shape index (κ1) is 14.7. The van der Waals surface area contributed by atoms with Crippen LogP contribution >= 0.6 is 0 Å². The van der Waals surface area contributed by atoms with Crippen molar-refractivity contribution in [3.63, 3.8) is 0 Å². The number of primary sulfonamides is 1. The molecule has 1 fully saturated rings. The van der Waals surface area contributed by atoms with E-state index in [0.717, 1.165) is 37.8 Å². The van der Waals surface area contributed by atoms with Crippen LogP contribution in [0, 0.1) is 0 Å². The number of hydrogen-bond acceptors (Lipinski definition) is 7. The van der Waals surface area contributed by atoms with Gasteiger partial charge in [-0.3, -0.25) is 0 Å². The molecule has 0 saturated carbocycles. The Morgan fingerprint density at radius 1 is 1.05 bits per heavy atom. The van der Waals surface area contributed by atoms with Gasteiger partial charge in [0, 0.05) is 38.9 Å². The van der Waals surface area contributed by atoms with Crippen molar-refractivity contribution in [3.8, 4) is 0 Å². The van der Waals surface area contributed by atoms with Crippen molar-refractivity contribution < 1.29 is 8.42 Å². The molecule has 0 unspecified atom stereocenters. The van der Waals surface area contributed by atoms with Gasteiger partial charge in [0.05, 0.1) is 4.90 Å². The van der Waals surface area contributed by atoms with Crippen LogP contribution < -0.4 is 14.9 Å². The number of sulfonamides is 1. The summed E-state index contributed by atoms with van der Waals surface area (Å²) in [6, 6.07) is 6.62. The molecule has 1 aliphatic heterocycles. The van der Waals surface area contributed by atoms with Crippen LogP contribution in [-0.4, -0.2) is 54.8 Å². The molecule has 0 spiro atoms. The van der Waals surface area contributed by atoms with Gasteiger partial charge in [0.1, 0.15) is 0 Å². The molecule has 1 aromatic carbocycles. The summed E-state index contributed by atoms with van der Waals surface area (Å²) in [5, 5.41) is 16.6. The monoisotopic (exact) mass is 323 g/mol. The van der Waals surface area contributed by atoms with E-state index >= 15 is 0 Å². The summed E-state index contributed by atoms with van der Waals surface area (Å²) in [7, 11) is -1.83. The van der Waals surface area contributed by atoms with Gasteiger partial charge in [-0.2, -0.15) is 0 Å². The zero-order valence-corrected chi connectivity index (χ0v) is 12.9. The van der Waals surface area contributed by atoms with E-state index in [-0.39, 0.29) is 4.90 Å². The molecule has 10 heteroatoms. The van der Waals surface area contributed by atoms with E-state index in [0.29, 0.717) is 0 Å². The molecule has 2 aromatic rings. The van der Waals surface area contributed by atoms with Crippen LogP contribution in [0.5, 0.6) is 0 Å². The van der Waals surface area contributed by atoms with E-state index in [1.165, 1.54) is 12.1 Å². The van der Waals surface area contributed by atoms with Crippen LogP contribution in [0.2, 0.25) is 0 Å². The molecule has 0 aliphatic carbocycles. The Hall–Kier alpha value is -2.20. The highest BCUT2D eigenvalue weighted by Crippen LogP contribution is 2.20. The molecule has 0 bridgehead atoms. The van der Waals surface area contributed by atoms with Crippen LogP contribution in [0.3, 0.4) is 0 Å². The number of hydrogen-bond donors (Lipinski definition) is 1. The van der Waals surface area contributed by atoms with E-state index in [4.69, 9.17) is 5.14 Å². The summed E-state index contributed by atoms with van der Waals surface area (Å²) in [5.41, 5.74) is 0.975. The normalized spacial score (nSPS) is 16.1. The van der Waals surface area contributed by atoms with E-state index in [2.05, 4.69) is 25.3 Å². The number of rotatable bonds is 3. The summed E-state index contributed by atoms with van der Waals surface area (Å²) in [6.07, 6.45) is 0. The lowest BCUT2D eigenvalue weighted by molar-refractivity contribution is 0.597. The van der Waals surface area contributed by atoms with Crippen LogP contribution in [0.1, 0.15) is 0 Å². The highest BCUT2D eigenvalue weighted by Gasteiger charge is 2.21. The van der Waals surface area contributed by atoms with E-state index < -0.39 is 10.0 Å². The second kappa shape index (κ2) is 5.54. The molecule has 2 N–H and O–H groups in total. The first-order chi connectivity index (χ1) is 10.4. The number of tetrazole rings is 1. The number of aromatic nitrogens is 4. The van der Waals surface area contributed by atoms with E-state index in [1.807, 2.05) is 7.05 Å². The quantitative estimate of drug-likeness (QED) is 0.786. The predicted octanol–water partition coefficient (Wildman–Crippen LogP) is -0.816. The first-order valence-electron chi connectivity index (χ1n) is 6.80. The lowest BCUT2D eigenvalue weighted by Gasteiger charge is -2.36. The van der Waals surface area contributed by atoms with Crippen molar-refractivity contribution in [1.82, 2.24) is 20.2 Å². The minimum Gasteiger partial charge on any atom is -0.368 e. The average molecular weight is 323 g/mol. The minimum absolute atomic E-state index is 0.125. The smallest absolute Gasteiger partial charge is 0.245 e. The number of aryl methyl sites for hydroxylation is 1. The van der Waals surface area contributed by atoms with Gasteiger partial charge in [-0.1, -0.05) is 5.10 Å². The van der Waals surface area contributed by atoms with Gasteiger partial charge in [-0.05, 0) is 34.7 Å². The van der Waals surface area contributed by atoms with Crippen molar-refractivity contribution in [2.45, 2.75) is 4.90 Å². The van der Waals surface area contributed by atoms with Gasteiger partial charge in [0.25, 0.3) is 0 Å². The molecular weight excluding hydrogens is 306 g/mol. The lowest BCUT2D eigenvalue weighted by atomic mass is 10.2. The largest absolute Gasteiger partial charge is 0.368 e. The average Bonchev–Trinajstić information content (AvgIpc) is 2.93. The number of piperazine rings is 1. The fourth-order valence-electron chi connectivity index (χ4n) is 2.50. The summed E-state index contributed by atoms with van der Waals surface area (Å²) in [4.78, 5) is 4.43. The summed E-state index contributed by atoms with van der Waals surface area (Å²) >= 11 is 0. The number of anilines is 2. The van der Waals surface area contributed by atoms with E-state index in [9.17, 15) is 8.42 Å². The third kappa shape index (κ3) is 2.88. The zero-order valence-electron chi connectivity index (χ0n) is 12.1. The fourth-order valence-corrected chi connectivity index (χ4v) is 3.02. The standard InChI is InChI=1S/C12H17N7O2S/c1-17-12(14-15-16-17)19-8-6-18(7-9-19)10-2-4-11(5-3-10)22(13,20)21/h2-5H,6-9H2,1H3,(H2,13,20,21). The molecule has 0 radical (unpaired) electrons. The number of nitrogens with zero attached hydrogens (tertiary/aromatic N) is 6. The second-order valence-electron chi connectivity index (χ2n) is 5.12. The van der Waals surface area contributed by atoms with Gasteiger partial charge in [0.15, 0.2) is 0 Å². The molecule has 1 saturated heterocycles. The van der Waals surface area contributed by atoms with Crippen LogP contribution in [0.4, 0.5) is 11.6 Å². The highest BCUT2D eigenvalue weighted by atomic mass is 32.2. The van der Waals surface area contributed by atoms with Crippen LogP contribution in [0.15, 0.2) is 29.2 Å². The third-order valence-electron chi connectivity index (χ3n) is 3.69. The van der Waals surface area contributed by atoms with Crippen molar-refractivity contribution in [3.05, 3.63) is 24.3 Å². The van der Waals surface area contributed by atoms with Crippen LogP contribution in [-0.2, 0) is 17.1 Å². The molecule has 3 rings (SSSR count). The molecule has 22 heavy (non-hydrogen) atoms. The Morgan fingerprint density at radius 3 is 2.14 bits per heavy atom. The maximum Gasteiger partial charge on any atom is 0.245 e. The molecule has 1 aromatic heterocycles. The van der Waals surface area contributed by atoms with Crippen molar-refractivity contribution in [2.24, 2.45) is 12.2 Å². The number of benzene rings is 1. The summed E-state index contributed by atoms with van der Waals surface area (Å²) in [5.74, 6) is 0.754. The Kier molecular flexibility index (Phi) is 3.71. The van der Waals surface area contributed by atoms with Gasteiger partial charge >= 0.3 is 0 Å². The molecular formula is C12H17N7O2S. The van der Waals surface area contributed by atoms with E-state index in [1.54, 1.807) is 16.8 Å². The van der Waals surface area contributed by atoms with Gasteiger partial charge < -0.3 is 9.80 Å². The third-order valence-corrected chi connectivity index (χ3v) is 4.62. The van der Waals surface area contributed by atoms with Gasteiger partial charge in [-0.25, -0.2) is 18.2 Å². The second-order valence-corrected chi connectivity index (χ2v) is 6.68. The van der Waals surface area contributed by atoms with Crippen molar-refractivity contribution in [2.75, 3.05) is 36.0 Å². The SMILES string of the molecule is Cn1nnnc1N1CCN(c2ccc(S(N)(=O)=O)cc2)CC1. The Morgan fingerprint density at radius 2 is 1.64 bits per heavy atom. The minimum atomic E-state index is -3.65. The maximum absolute atomic E-state index is 11.3. The molecule has 9 nitrogen and oxygen atoms in total. The highest BCUT2D eigenvalue weighted by molar-refractivity contribution is 7.89. The topological polar surface area (TPSA) is 110 Å². The molecule has 0 atom stereocenters. The van der Waals surface area contributed by atoms with Crippen molar-refractivity contribution >= 4 is 21.7 Å². The first-order valence-corrected chi connectivity index (χ1v) is 8.35. The van der Waals surface area contributed by atoms with Gasteiger partial charge in [-0.15, -0.1) is 0 Å². The molecule has 2 heterocycles. The zero-order chi connectivity index (χ0) is 15.7. The Bertz CT molecular complexity index is 748. The predicted molar refractivity (Wildman–Crippen MR) is 81.0 cm³/mol. The molecule has 118 valence electrons. The fraction of sp³-hybridized carbons (Fsp3) is 0.417. The molecule has 0 amide bonds. The lowest BCUT2D eigenvalue weighted by Crippen LogP contribution is -2.47.